The Labute approximate surface area is 470 Å². The number of carbonyl (C=O) groups is 2. The number of carboxylic acids is 1. The molecule has 4 fully saturated rings. The van der Waals surface area contributed by atoms with Crippen molar-refractivity contribution in [1.29, 1.82) is 0 Å². The molecule has 0 aromatic heterocycles. The Morgan fingerprint density at radius 2 is 1.29 bits per heavy atom. The number of nitrogens with one attached hydrogen (secondary N) is 1. The van der Waals surface area contributed by atoms with Crippen molar-refractivity contribution in [2.24, 2.45) is 41.4 Å². The molecular weight excluding hydrogens is 969 g/mol. The SMILES string of the molecule is CCCCCCCCCCCCN(CCCCCNCCCCCC)[C@H]1C=C[C@]2(O[C@H]([C@@H](CC)C(=O)[C@@H](C)[C@@H](O)[C@H](C)[C@@H]3O[C@@H]([C@@H](CC)C(=O)O)CC[C@@H]3C)[C@@H](C)C[C@H]2C)O[C@@]12CC[C@@](C)([C@H]1CC[C@](O)(CC)[C@H](C)O1)O2. The number of aliphatic carboxylic acids is 1. The van der Waals surface area contributed by atoms with Gasteiger partial charge in [0.15, 0.2) is 11.6 Å². The molecule has 4 saturated heterocycles. The highest BCUT2D eigenvalue weighted by Gasteiger charge is 2.64. The van der Waals surface area contributed by atoms with E-state index in [1.54, 1.807) is 0 Å². The van der Waals surface area contributed by atoms with Crippen LogP contribution >= 0.6 is 0 Å². The largest absolute Gasteiger partial charge is 0.481 e. The lowest BCUT2D eigenvalue weighted by Crippen LogP contribution is -2.66. The van der Waals surface area contributed by atoms with E-state index in [0.29, 0.717) is 44.9 Å². The number of aliphatic hydroxyl groups is 2. The van der Waals surface area contributed by atoms with Crippen LogP contribution in [0.2, 0.25) is 0 Å². The number of unbranched alkanes of at least 4 members (excludes halogenated alkanes) is 14. The van der Waals surface area contributed by atoms with Gasteiger partial charge in [0.25, 0.3) is 0 Å². The van der Waals surface area contributed by atoms with Gasteiger partial charge in [-0.15, -0.1) is 0 Å². The molecule has 5 aliphatic rings. The summed E-state index contributed by atoms with van der Waals surface area (Å²) in [6.07, 6.45) is 29.8. The lowest BCUT2D eigenvalue weighted by atomic mass is 9.72. The Kier molecular flexibility index (Phi) is 27.4. The van der Waals surface area contributed by atoms with Crippen LogP contribution in [-0.2, 0) is 33.3 Å². The summed E-state index contributed by atoms with van der Waals surface area (Å²) in [5.41, 5.74) is -1.53. The van der Waals surface area contributed by atoms with E-state index in [4.69, 9.17) is 23.7 Å². The Bertz CT molecular complexity index is 1730. The van der Waals surface area contributed by atoms with Gasteiger partial charge in [-0.25, -0.2) is 0 Å². The van der Waals surface area contributed by atoms with Gasteiger partial charge >= 0.3 is 5.97 Å². The molecule has 0 aromatic carbocycles. The van der Waals surface area contributed by atoms with Crippen LogP contribution in [0.3, 0.4) is 0 Å². The number of rotatable bonds is 35. The van der Waals surface area contributed by atoms with Gasteiger partial charge in [0, 0.05) is 30.1 Å². The second-order valence-electron chi connectivity index (χ2n) is 26.0. The predicted molar refractivity (Wildman–Crippen MR) is 311 cm³/mol. The van der Waals surface area contributed by atoms with Crippen molar-refractivity contribution in [3.8, 4) is 0 Å². The minimum absolute atomic E-state index is 0.0209. The van der Waals surface area contributed by atoms with E-state index in [1.165, 1.54) is 83.5 Å². The van der Waals surface area contributed by atoms with E-state index >= 15 is 4.79 Å². The van der Waals surface area contributed by atoms with Gasteiger partial charge in [0.05, 0.1) is 59.8 Å². The molecule has 2 spiro atoms. The second-order valence-corrected chi connectivity index (χ2v) is 26.0. The maximum atomic E-state index is 15.0. The van der Waals surface area contributed by atoms with Crippen molar-refractivity contribution in [3.63, 3.8) is 0 Å². The van der Waals surface area contributed by atoms with Crippen molar-refractivity contribution in [2.45, 2.75) is 322 Å². The highest BCUT2D eigenvalue weighted by atomic mass is 16.8. The van der Waals surface area contributed by atoms with Gasteiger partial charge in [-0.2, -0.15) is 0 Å². The molecule has 5 aliphatic heterocycles. The maximum absolute atomic E-state index is 15.0. The van der Waals surface area contributed by atoms with E-state index < -0.39 is 64.8 Å². The number of ether oxygens (including phenoxy) is 5. The van der Waals surface area contributed by atoms with E-state index in [1.807, 2.05) is 34.6 Å². The van der Waals surface area contributed by atoms with Crippen LogP contribution in [0.5, 0.6) is 0 Å². The average Bonchev–Trinajstić information content (AvgIpc) is 3.80. The topological polar surface area (TPSA) is 156 Å². The molecule has 0 aliphatic carbocycles. The minimum Gasteiger partial charge on any atom is -0.481 e. The summed E-state index contributed by atoms with van der Waals surface area (Å²) in [7, 11) is 0. The third-order valence-electron chi connectivity index (χ3n) is 20.1. The first-order chi connectivity index (χ1) is 36.8. The summed E-state index contributed by atoms with van der Waals surface area (Å²) in [4.78, 5) is 29.9. The van der Waals surface area contributed by atoms with Gasteiger partial charge in [-0.05, 0) is 141 Å². The number of Topliss-reactive ketones (excluding diaryl/α,β-unsaturated/α-hetero) is 1. The minimum atomic E-state index is -1.16. The number of carboxylic acid groups (broad SMARTS) is 1. The first-order valence-corrected chi connectivity index (χ1v) is 32.5. The first kappa shape index (κ1) is 66.3. The molecule has 18 atom stereocenters. The van der Waals surface area contributed by atoms with Crippen LogP contribution in [0.4, 0.5) is 0 Å². The van der Waals surface area contributed by atoms with Gasteiger partial charge in [0.1, 0.15) is 5.78 Å². The summed E-state index contributed by atoms with van der Waals surface area (Å²) >= 11 is 0. The van der Waals surface area contributed by atoms with Gasteiger partial charge in [-0.1, -0.05) is 159 Å². The lowest BCUT2D eigenvalue weighted by molar-refractivity contribution is -0.404. The predicted octanol–water partition coefficient (Wildman–Crippen LogP) is 13.8. The summed E-state index contributed by atoms with van der Waals surface area (Å²) in [6.45, 7) is 29.1. The standard InChI is InChI=1S/C65H118N2O10/c1-13-18-20-22-23-24-25-26-27-31-43-67(44-32-28-30-42-66-41-29-21-19-14-2)55-35-38-64(77-65(55)40-39-62(12,76-65)56-36-37-63(72,17-5)51(11)73-56)48(8)45-47(7)60(75-64)53(16-4)58(69)49(9)57(68)50(10)59-46(6)33-34-54(74-59)52(15-3)61(70)71/h35,38,46-57,59-60,66,68,72H,13-34,36-37,39-45H2,1-12H3,(H,70,71)/t46-,47-,48+,49-,50-,51-,52+,53-,54+,55-,56+,57+,59+,60-,62-,63+,64-,65-/m0/s1. The Morgan fingerprint density at radius 1 is 0.701 bits per heavy atom. The fourth-order valence-electron chi connectivity index (χ4n) is 14.6. The number of hydrogen-bond acceptors (Lipinski definition) is 11. The molecule has 0 aromatic rings. The lowest BCUT2D eigenvalue weighted by Gasteiger charge is -2.56. The van der Waals surface area contributed by atoms with Crippen LogP contribution in [0.25, 0.3) is 0 Å². The maximum Gasteiger partial charge on any atom is 0.309 e. The highest BCUT2D eigenvalue weighted by Crippen LogP contribution is 2.55. The highest BCUT2D eigenvalue weighted by molar-refractivity contribution is 5.84. The summed E-state index contributed by atoms with van der Waals surface area (Å²) in [5.74, 6) is -5.13. The molecule has 0 saturated carbocycles. The number of nitrogens with zero attached hydrogens (tertiary/aromatic N) is 1. The molecule has 0 unspecified atom stereocenters. The summed E-state index contributed by atoms with van der Waals surface area (Å²) in [5, 5.41) is 37.3. The Balaban J connectivity index is 1.41. The van der Waals surface area contributed by atoms with Crippen molar-refractivity contribution in [1.82, 2.24) is 10.2 Å². The molecule has 0 bridgehead atoms. The summed E-state index contributed by atoms with van der Waals surface area (Å²) < 4.78 is 36.3. The Morgan fingerprint density at radius 3 is 1.86 bits per heavy atom. The van der Waals surface area contributed by atoms with Crippen molar-refractivity contribution >= 4 is 11.8 Å². The number of hydrogen-bond donors (Lipinski definition) is 4. The molecule has 0 amide bonds. The fourth-order valence-corrected chi connectivity index (χ4v) is 14.6. The van der Waals surface area contributed by atoms with Crippen LogP contribution in [-0.4, -0.2) is 124 Å². The van der Waals surface area contributed by atoms with Crippen LogP contribution in [0.15, 0.2) is 12.2 Å². The molecule has 77 heavy (non-hydrogen) atoms. The smallest absolute Gasteiger partial charge is 0.309 e. The van der Waals surface area contributed by atoms with Crippen molar-refractivity contribution in [3.05, 3.63) is 12.2 Å². The molecule has 12 heteroatoms. The van der Waals surface area contributed by atoms with Crippen LogP contribution < -0.4 is 5.32 Å². The monoisotopic (exact) mass is 1090 g/mol. The van der Waals surface area contributed by atoms with E-state index in [0.717, 1.165) is 71.1 Å². The molecule has 5 heterocycles. The molecule has 4 N–H and O–H groups in total. The quantitative estimate of drug-likeness (QED) is 0.0352. The first-order valence-electron chi connectivity index (χ1n) is 32.5. The molecule has 0 radical (unpaired) electrons. The summed E-state index contributed by atoms with van der Waals surface area (Å²) in [6, 6.07) is -0.167. The second kappa shape index (κ2) is 31.8. The number of ketones is 1. The zero-order valence-electron chi connectivity index (χ0n) is 51.3. The third kappa shape index (κ3) is 17.3. The molecule has 12 nitrogen and oxygen atoms in total. The van der Waals surface area contributed by atoms with Crippen molar-refractivity contribution < 1.29 is 48.6 Å². The van der Waals surface area contributed by atoms with E-state index in [2.05, 4.69) is 70.8 Å². The van der Waals surface area contributed by atoms with Gasteiger partial charge in [-0.3, -0.25) is 14.5 Å². The molecular formula is C65H118N2O10. The van der Waals surface area contributed by atoms with E-state index in [9.17, 15) is 20.1 Å². The zero-order valence-corrected chi connectivity index (χ0v) is 51.3. The van der Waals surface area contributed by atoms with Gasteiger partial charge < -0.3 is 44.3 Å². The normalized spacial score (nSPS) is 35.6. The van der Waals surface area contributed by atoms with Gasteiger partial charge in [0.2, 0.25) is 0 Å². The number of aliphatic hydroxyl groups excluding tert-OH is 1. The zero-order chi connectivity index (χ0) is 56.4. The molecule has 448 valence electrons. The third-order valence-corrected chi connectivity index (χ3v) is 20.1. The Hall–Kier alpha value is -1.48. The fraction of sp³-hybridized carbons (Fsp3) is 0.938. The van der Waals surface area contributed by atoms with E-state index in [-0.39, 0.29) is 53.8 Å². The number of carbonyl (C=O) groups excluding carboxylic acids is 1. The van der Waals surface area contributed by atoms with Crippen LogP contribution in [0, 0.1) is 41.4 Å². The van der Waals surface area contributed by atoms with Crippen LogP contribution in [0.1, 0.15) is 256 Å². The molecule has 5 rings (SSSR count). The van der Waals surface area contributed by atoms with Crippen molar-refractivity contribution in [2.75, 3.05) is 26.2 Å². The average molecular weight is 1090 g/mol.